The monoisotopic (exact) mass is 258 g/mol. The number of carbonyl (C=O) groups is 3. The van der Waals surface area contributed by atoms with Crippen LogP contribution in [0.5, 0.6) is 0 Å². The minimum absolute atomic E-state index is 0.0584. The van der Waals surface area contributed by atoms with Crippen LogP contribution in [0.3, 0.4) is 0 Å². The summed E-state index contributed by atoms with van der Waals surface area (Å²) in [7, 11) is 0. The van der Waals surface area contributed by atoms with Crippen LogP contribution in [0.1, 0.15) is 39.5 Å². The number of carbonyl (C=O) groups excluding carboxylic acids is 2. The molecular formula is C12H22N2O4. The van der Waals surface area contributed by atoms with Crippen molar-refractivity contribution >= 4 is 17.8 Å². The van der Waals surface area contributed by atoms with E-state index in [9.17, 15) is 14.4 Å². The summed E-state index contributed by atoms with van der Waals surface area (Å²) in [5, 5.41) is 11.4. The molecule has 0 spiro atoms. The van der Waals surface area contributed by atoms with Crippen molar-refractivity contribution in [2.24, 2.45) is 0 Å². The van der Waals surface area contributed by atoms with Crippen LogP contribution in [0, 0.1) is 0 Å². The fourth-order valence-corrected chi connectivity index (χ4v) is 1.46. The molecule has 0 saturated carbocycles. The minimum atomic E-state index is -1.03. The van der Waals surface area contributed by atoms with E-state index >= 15 is 0 Å². The number of aliphatic carboxylic acids is 1. The molecule has 0 heterocycles. The van der Waals surface area contributed by atoms with E-state index < -0.39 is 5.97 Å². The molecule has 0 radical (unpaired) electrons. The Morgan fingerprint density at radius 1 is 1.11 bits per heavy atom. The van der Waals surface area contributed by atoms with E-state index in [1.807, 2.05) is 13.8 Å². The van der Waals surface area contributed by atoms with Gasteiger partial charge in [0.25, 0.3) is 0 Å². The molecule has 0 bridgehead atoms. The third-order valence-corrected chi connectivity index (χ3v) is 2.31. The number of carboxylic acid groups (broad SMARTS) is 1. The van der Waals surface area contributed by atoms with Gasteiger partial charge >= 0.3 is 5.97 Å². The van der Waals surface area contributed by atoms with Crippen LogP contribution in [-0.4, -0.2) is 47.4 Å². The van der Waals surface area contributed by atoms with Gasteiger partial charge in [0.2, 0.25) is 11.8 Å². The van der Waals surface area contributed by atoms with E-state index in [0.717, 1.165) is 6.42 Å². The zero-order valence-corrected chi connectivity index (χ0v) is 11.1. The average Bonchev–Trinajstić information content (AvgIpc) is 2.32. The zero-order chi connectivity index (χ0) is 14.0. The van der Waals surface area contributed by atoms with Gasteiger partial charge in [-0.15, -0.1) is 0 Å². The molecular weight excluding hydrogens is 236 g/mol. The van der Waals surface area contributed by atoms with E-state index in [1.54, 1.807) is 0 Å². The van der Waals surface area contributed by atoms with Crippen LogP contribution in [-0.2, 0) is 14.4 Å². The van der Waals surface area contributed by atoms with E-state index in [4.69, 9.17) is 5.11 Å². The molecule has 0 aromatic rings. The highest BCUT2D eigenvalue weighted by molar-refractivity contribution is 5.85. The second-order valence-corrected chi connectivity index (χ2v) is 4.06. The van der Waals surface area contributed by atoms with Gasteiger partial charge in [-0.1, -0.05) is 13.8 Å². The summed E-state index contributed by atoms with van der Waals surface area (Å²) >= 11 is 0. The Labute approximate surface area is 107 Å². The van der Waals surface area contributed by atoms with Crippen LogP contribution in [0.25, 0.3) is 0 Å². The van der Waals surface area contributed by atoms with Crippen molar-refractivity contribution in [2.75, 3.05) is 19.6 Å². The molecule has 2 N–H and O–H groups in total. The highest BCUT2D eigenvalue weighted by atomic mass is 16.4. The van der Waals surface area contributed by atoms with Crippen LogP contribution < -0.4 is 5.32 Å². The number of nitrogens with one attached hydrogen (secondary N) is 1. The van der Waals surface area contributed by atoms with Crippen molar-refractivity contribution in [3.8, 4) is 0 Å². The number of hydrogen-bond donors (Lipinski definition) is 2. The lowest BCUT2D eigenvalue weighted by molar-refractivity contribution is -0.144. The molecule has 0 aliphatic carbocycles. The Balaban J connectivity index is 4.09. The fourth-order valence-electron chi connectivity index (χ4n) is 1.46. The Kier molecular flexibility index (Phi) is 8.61. The molecule has 6 nitrogen and oxygen atoms in total. The second kappa shape index (κ2) is 9.44. The lowest BCUT2D eigenvalue weighted by Gasteiger charge is -2.19. The van der Waals surface area contributed by atoms with Crippen molar-refractivity contribution in [2.45, 2.75) is 39.5 Å². The first-order chi connectivity index (χ1) is 8.51. The second-order valence-electron chi connectivity index (χ2n) is 4.06. The third kappa shape index (κ3) is 7.65. The summed E-state index contributed by atoms with van der Waals surface area (Å²) in [5.74, 6) is -1.49. The summed E-state index contributed by atoms with van der Waals surface area (Å²) in [4.78, 5) is 34.9. The van der Waals surface area contributed by atoms with E-state index in [0.29, 0.717) is 19.5 Å². The molecule has 0 rings (SSSR count). The van der Waals surface area contributed by atoms with Gasteiger partial charge in [-0.25, -0.2) is 0 Å². The van der Waals surface area contributed by atoms with Crippen molar-refractivity contribution < 1.29 is 19.5 Å². The summed E-state index contributed by atoms with van der Waals surface area (Å²) in [6.07, 6.45) is 1.71. The number of hydrogen-bond acceptors (Lipinski definition) is 3. The molecule has 18 heavy (non-hydrogen) atoms. The molecule has 0 atom stereocenters. The Bertz CT molecular complexity index is 292. The quantitative estimate of drug-likeness (QED) is 0.634. The molecule has 0 unspecified atom stereocenters. The van der Waals surface area contributed by atoms with Gasteiger partial charge < -0.3 is 15.3 Å². The molecule has 0 saturated heterocycles. The highest BCUT2D eigenvalue weighted by Gasteiger charge is 2.16. The fraction of sp³-hybridized carbons (Fsp3) is 0.750. The molecule has 0 aromatic heterocycles. The first kappa shape index (κ1) is 16.4. The maximum absolute atomic E-state index is 11.7. The number of nitrogens with zero attached hydrogens (tertiary/aromatic N) is 1. The average molecular weight is 258 g/mol. The first-order valence-corrected chi connectivity index (χ1v) is 6.27. The Morgan fingerprint density at radius 2 is 1.78 bits per heavy atom. The van der Waals surface area contributed by atoms with Crippen molar-refractivity contribution in [3.05, 3.63) is 0 Å². The van der Waals surface area contributed by atoms with Crippen molar-refractivity contribution in [3.63, 3.8) is 0 Å². The zero-order valence-electron chi connectivity index (χ0n) is 11.1. The molecule has 0 fully saturated rings. The number of rotatable bonds is 9. The molecule has 0 aliphatic heterocycles. The van der Waals surface area contributed by atoms with E-state index in [-0.39, 0.29) is 31.2 Å². The van der Waals surface area contributed by atoms with Crippen LogP contribution in [0.2, 0.25) is 0 Å². The maximum Gasteiger partial charge on any atom is 0.323 e. The van der Waals surface area contributed by atoms with Gasteiger partial charge in [0, 0.05) is 25.9 Å². The Morgan fingerprint density at radius 3 is 2.28 bits per heavy atom. The summed E-state index contributed by atoms with van der Waals surface area (Å²) in [6.45, 7) is 4.52. The smallest absolute Gasteiger partial charge is 0.323 e. The number of carboxylic acids is 1. The van der Waals surface area contributed by atoms with Gasteiger partial charge in [0.05, 0.1) is 0 Å². The summed E-state index contributed by atoms with van der Waals surface area (Å²) in [6, 6.07) is 0. The molecule has 2 amide bonds. The van der Waals surface area contributed by atoms with Crippen LogP contribution in [0.4, 0.5) is 0 Å². The topological polar surface area (TPSA) is 86.7 Å². The van der Waals surface area contributed by atoms with Gasteiger partial charge in [-0.2, -0.15) is 0 Å². The van der Waals surface area contributed by atoms with Gasteiger partial charge in [0.15, 0.2) is 0 Å². The SMILES string of the molecule is CCCNC(=O)CCC(=O)N(CCC)CC(=O)O. The van der Waals surface area contributed by atoms with Gasteiger partial charge in [-0.3, -0.25) is 14.4 Å². The minimum Gasteiger partial charge on any atom is -0.480 e. The molecule has 0 aromatic carbocycles. The van der Waals surface area contributed by atoms with Gasteiger partial charge in [-0.05, 0) is 12.8 Å². The molecule has 0 aliphatic rings. The normalized spacial score (nSPS) is 9.89. The standard InChI is InChI=1S/C12H22N2O4/c1-3-7-13-10(15)5-6-11(16)14(8-4-2)9-12(17)18/h3-9H2,1-2H3,(H,13,15)(H,17,18). The summed E-state index contributed by atoms with van der Waals surface area (Å²) in [5.41, 5.74) is 0. The van der Waals surface area contributed by atoms with Crippen molar-refractivity contribution in [1.82, 2.24) is 10.2 Å². The number of amides is 2. The largest absolute Gasteiger partial charge is 0.480 e. The third-order valence-electron chi connectivity index (χ3n) is 2.31. The summed E-state index contributed by atoms with van der Waals surface area (Å²) < 4.78 is 0. The molecule has 104 valence electrons. The highest BCUT2D eigenvalue weighted by Crippen LogP contribution is 2.00. The van der Waals surface area contributed by atoms with E-state index in [1.165, 1.54) is 4.90 Å². The Hall–Kier alpha value is -1.59. The maximum atomic E-state index is 11.7. The van der Waals surface area contributed by atoms with Gasteiger partial charge in [0.1, 0.15) is 6.54 Å². The van der Waals surface area contributed by atoms with E-state index in [2.05, 4.69) is 5.32 Å². The lowest BCUT2D eigenvalue weighted by atomic mass is 10.2. The lowest BCUT2D eigenvalue weighted by Crippen LogP contribution is -2.37. The molecule has 6 heteroatoms. The predicted octanol–water partition coefficient (Wildman–Crippen LogP) is 0.616. The van der Waals surface area contributed by atoms with Crippen LogP contribution in [0.15, 0.2) is 0 Å². The van der Waals surface area contributed by atoms with Crippen LogP contribution >= 0.6 is 0 Å². The predicted molar refractivity (Wildman–Crippen MR) is 67.0 cm³/mol. The van der Waals surface area contributed by atoms with Crippen molar-refractivity contribution in [1.29, 1.82) is 0 Å². The first-order valence-electron chi connectivity index (χ1n) is 6.27.